The largest absolute Gasteiger partial charge is 0.368 e. The zero-order chi connectivity index (χ0) is 13.5. The Balaban J connectivity index is 1.78. The SMILES string of the molecule is N#Cc1cccc(NC(=O)COC2CCNCC2)c1. The van der Waals surface area contributed by atoms with E-state index in [9.17, 15) is 4.79 Å². The number of amides is 1. The lowest BCUT2D eigenvalue weighted by atomic mass is 10.1. The summed E-state index contributed by atoms with van der Waals surface area (Å²) < 4.78 is 5.56. The van der Waals surface area contributed by atoms with Gasteiger partial charge >= 0.3 is 0 Å². The molecule has 1 aliphatic heterocycles. The van der Waals surface area contributed by atoms with E-state index in [0.29, 0.717) is 11.3 Å². The van der Waals surface area contributed by atoms with Crippen LogP contribution in [0.2, 0.25) is 0 Å². The second kappa shape index (κ2) is 6.88. The monoisotopic (exact) mass is 259 g/mol. The Bertz CT molecular complexity index is 476. The third-order valence-corrected chi connectivity index (χ3v) is 3.01. The molecule has 1 heterocycles. The van der Waals surface area contributed by atoms with Gasteiger partial charge in [0.1, 0.15) is 6.61 Å². The van der Waals surface area contributed by atoms with Crippen LogP contribution >= 0.6 is 0 Å². The second-order valence-corrected chi connectivity index (χ2v) is 4.50. The van der Waals surface area contributed by atoms with Crippen molar-refractivity contribution in [2.75, 3.05) is 25.0 Å². The lowest BCUT2D eigenvalue weighted by molar-refractivity contribution is -0.123. The number of hydrogen-bond donors (Lipinski definition) is 2. The van der Waals surface area contributed by atoms with E-state index in [2.05, 4.69) is 10.6 Å². The number of ether oxygens (including phenoxy) is 1. The molecule has 0 aromatic heterocycles. The first-order chi connectivity index (χ1) is 9.28. The summed E-state index contributed by atoms with van der Waals surface area (Å²) in [5, 5.41) is 14.7. The molecule has 1 aliphatic rings. The molecule has 0 unspecified atom stereocenters. The maximum atomic E-state index is 11.7. The van der Waals surface area contributed by atoms with Gasteiger partial charge in [-0.1, -0.05) is 6.07 Å². The van der Waals surface area contributed by atoms with Crippen molar-refractivity contribution in [3.63, 3.8) is 0 Å². The molecular weight excluding hydrogens is 242 g/mol. The normalized spacial score (nSPS) is 15.7. The Morgan fingerprint density at radius 1 is 1.47 bits per heavy atom. The van der Waals surface area contributed by atoms with Gasteiger partial charge < -0.3 is 15.4 Å². The summed E-state index contributed by atoms with van der Waals surface area (Å²) in [7, 11) is 0. The highest BCUT2D eigenvalue weighted by atomic mass is 16.5. The average molecular weight is 259 g/mol. The molecule has 1 aromatic rings. The highest BCUT2D eigenvalue weighted by molar-refractivity contribution is 5.91. The van der Waals surface area contributed by atoms with Gasteiger partial charge in [-0.15, -0.1) is 0 Å². The van der Waals surface area contributed by atoms with Crippen molar-refractivity contribution in [1.82, 2.24) is 5.32 Å². The zero-order valence-corrected chi connectivity index (χ0v) is 10.7. The number of benzene rings is 1. The quantitative estimate of drug-likeness (QED) is 0.853. The molecule has 0 aliphatic carbocycles. The van der Waals surface area contributed by atoms with Gasteiger partial charge in [-0.2, -0.15) is 5.26 Å². The summed E-state index contributed by atoms with van der Waals surface area (Å²) in [4.78, 5) is 11.7. The van der Waals surface area contributed by atoms with Crippen LogP contribution in [0, 0.1) is 11.3 Å². The van der Waals surface area contributed by atoms with Gasteiger partial charge in [0, 0.05) is 5.69 Å². The summed E-state index contributed by atoms with van der Waals surface area (Å²) in [6, 6.07) is 8.86. The molecule has 0 saturated carbocycles. The predicted octanol–water partition coefficient (Wildman–Crippen LogP) is 1.27. The number of nitriles is 1. The molecule has 1 amide bonds. The summed E-state index contributed by atoms with van der Waals surface area (Å²) in [5.74, 6) is -0.186. The number of piperidine rings is 1. The molecule has 0 bridgehead atoms. The van der Waals surface area contributed by atoms with Crippen molar-refractivity contribution in [3.8, 4) is 6.07 Å². The summed E-state index contributed by atoms with van der Waals surface area (Å²) in [6.45, 7) is 1.94. The van der Waals surface area contributed by atoms with Crippen LogP contribution in [0.1, 0.15) is 18.4 Å². The van der Waals surface area contributed by atoms with E-state index in [-0.39, 0.29) is 18.6 Å². The summed E-state index contributed by atoms with van der Waals surface area (Å²) >= 11 is 0. The number of hydrogen-bond acceptors (Lipinski definition) is 4. The fourth-order valence-electron chi connectivity index (χ4n) is 2.02. The molecule has 1 aromatic carbocycles. The molecule has 5 heteroatoms. The Labute approximate surface area is 112 Å². The van der Waals surface area contributed by atoms with Gasteiger partial charge in [0.25, 0.3) is 0 Å². The molecule has 0 spiro atoms. The van der Waals surface area contributed by atoms with Gasteiger partial charge in [-0.05, 0) is 44.1 Å². The lowest BCUT2D eigenvalue weighted by Crippen LogP contribution is -2.34. The van der Waals surface area contributed by atoms with E-state index in [1.54, 1.807) is 24.3 Å². The van der Waals surface area contributed by atoms with E-state index < -0.39 is 0 Å². The van der Waals surface area contributed by atoms with Crippen LogP contribution in [-0.2, 0) is 9.53 Å². The summed E-state index contributed by atoms with van der Waals surface area (Å²) in [6.07, 6.45) is 2.05. The highest BCUT2D eigenvalue weighted by Crippen LogP contribution is 2.10. The Morgan fingerprint density at radius 3 is 3.00 bits per heavy atom. The van der Waals surface area contributed by atoms with E-state index in [4.69, 9.17) is 10.00 Å². The van der Waals surface area contributed by atoms with Gasteiger partial charge in [-0.3, -0.25) is 4.79 Å². The first-order valence-electron chi connectivity index (χ1n) is 6.40. The van der Waals surface area contributed by atoms with Crippen LogP contribution < -0.4 is 10.6 Å². The van der Waals surface area contributed by atoms with Crippen molar-refractivity contribution in [2.24, 2.45) is 0 Å². The number of nitrogens with one attached hydrogen (secondary N) is 2. The van der Waals surface area contributed by atoms with E-state index in [1.165, 1.54) is 0 Å². The smallest absolute Gasteiger partial charge is 0.250 e. The molecule has 0 radical (unpaired) electrons. The third-order valence-electron chi connectivity index (χ3n) is 3.01. The van der Waals surface area contributed by atoms with E-state index in [0.717, 1.165) is 25.9 Å². The van der Waals surface area contributed by atoms with Crippen LogP contribution in [0.3, 0.4) is 0 Å². The molecule has 19 heavy (non-hydrogen) atoms. The molecular formula is C14H17N3O2. The standard InChI is InChI=1S/C14H17N3O2/c15-9-11-2-1-3-12(8-11)17-14(18)10-19-13-4-6-16-7-5-13/h1-3,8,13,16H,4-7,10H2,(H,17,18). The maximum Gasteiger partial charge on any atom is 0.250 e. The number of nitrogens with zero attached hydrogens (tertiary/aromatic N) is 1. The fraction of sp³-hybridized carbons (Fsp3) is 0.429. The van der Waals surface area contributed by atoms with Crippen molar-refractivity contribution in [2.45, 2.75) is 18.9 Å². The Kier molecular flexibility index (Phi) is 4.90. The van der Waals surface area contributed by atoms with E-state index in [1.807, 2.05) is 6.07 Å². The van der Waals surface area contributed by atoms with Crippen LogP contribution in [0.15, 0.2) is 24.3 Å². The topological polar surface area (TPSA) is 74.2 Å². The number of rotatable bonds is 4. The third kappa shape index (κ3) is 4.36. The average Bonchev–Trinajstić information content (AvgIpc) is 2.46. The lowest BCUT2D eigenvalue weighted by Gasteiger charge is -2.22. The van der Waals surface area contributed by atoms with Crippen LogP contribution in [0.5, 0.6) is 0 Å². The molecule has 2 rings (SSSR count). The maximum absolute atomic E-state index is 11.7. The van der Waals surface area contributed by atoms with Crippen LogP contribution in [0.4, 0.5) is 5.69 Å². The zero-order valence-electron chi connectivity index (χ0n) is 10.7. The molecule has 1 saturated heterocycles. The van der Waals surface area contributed by atoms with Crippen LogP contribution in [0.25, 0.3) is 0 Å². The number of carbonyl (C=O) groups is 1. The van der Waals surface area contributed by atoms with E-state index >= 15 is 0 Å². The van der Waals surface area contributed by atoms with Gasteiger partial charge in [0.05, 0.1) is 17.7 Å². The predicted molar refractivity (Wildman–Crippen MR) is 71.6 cm³/mol. The van der Waals surface area contributed by atoms with Crippen molar-refractivity contribution < 1.29 is 9.53 Å². The Morgan fingerprint density at radius 2 is 2.26 bits per heavy atom. The number of anilines is 1. The minimum atomic E-state index is -0.186. The highest BCUT2D eigenvalue weighted by Gasteiger charge is 2.14. The first-order valence-corrected chi connectivity index (χ1v) is 6.40. The minimum absolute atomic E-state index is 0.0570. The molecule has 2 N–H and O–H groups in total. The van der Waals surface area contributed by atoms with Gasteiger partial charge in [0.2, 0.25) is 5.91 Å². The van der Waals surface area contributed by atoms with Gasteiger partial charge in [-0.25, -0.2) is 0 Å². The van der Waals surface area contributed by atoms with Gasteiger partial charge in [0.15, 0.2) is 0 Å². The molecule has 5 nitrogen and oxygen atoms in total. The minimum Gasteiger partial charge on any atom is -0.368 e. The molecule has 1 fully saturated rings. The van der Waals surface area contributed by atoms with Crippen molar-refractivity contribution >= 4 is 11.6 Å². The van der Waals surface area contributed by atoms with Crippen molar-refractivity contribution in [3.05, 3.63) is 29.8 Å². The molecule has 100 valence electrons. The summed E-state index contributed by atoms with van der Waals surface area (Å²) in [5.41, 5.74) is 1.15. The molecule has 0 atom stereocenters. The second-order valence-electron chi connectivity index (χ2n) is 4.50. The van der Waals surface area contributed by atoms with Crippen molar-refractivity contribution in [1.29, 1.82) is 5.26 Å². The van der Waals surface area contributed by atoms with Crippen LogP contribution in [-0.4, -0.2) is 31.7 Å². The first kappa shape index (κ1) is 13.5. The number of carbonyl (C=O) groups excluding carboxylic acids is 1. The fourth-order valence-corrected chi connectivity index (χ4v) is 2.02. The Hall–Kier alpha value is -1.90.